The van der Waals surface area contributed by atoms with Crippen LogP contribution in [0.2, 0.25) is 0 Å². The van der Waals surface area contributed by atoms with Crippen LogP contribution in [0.3, 0.4) is 0 Å². The number of nitrogens with zero attached hydrogens (tertiary/aromatic N) is 3. The molecule has 0 aromatic carbocycles. The Kier molecular flexibility index (Phi) is 3.42. The van der Waals surface area contributed by atoms with Crippen molar-refractivity contribution in [1.82, 2.24) is 14.3 Å². The molecule has 2 aromatic heterocycles. The molecule has 0 spiro atoms. The van der Waals surface area contributed by atoms with E-state index < -0.39 is 5.97 Å². The second-order valence-electron chi connectivity index (χ2n) is 4.98. The zero-order valence-electron chi connectivity index (χ0n) is 11.4. The summed E-state index contributed by atoms with van der Waals surface area (Å²) in [7, 11) is 0. The lowest BCUT2D eigenvalue weighted by atomic mass is 10.2. The molecule has 2 aromatic rings. The summed E-state index contributed by atoms with van der Waals surface area (Å²) in [6.07, 6.45) is 1.87. The van der Waals surface area contributed by atoms with Crippen LogP contribution in [0.5, 0.6) is 0 Å². The first-order valence-corrected chi connectivity index (χ1v) is 6.67. The lowest BCUT2D eigenvalue weighted by Gasteiger charge is -2.25. The Morgan fingerprint density at radius 3 is 2.90 bits per heavy atom. The Morgan fingerprint density at radius 1 is 1.45 bits per heavy atom. The molecule has 1 N–H and O–H groups in total. The fourth-order valence-electron chi connectivity index (χ4n) is 2.59. The molecule has 106 valence electrons. The first-order valence-electron chi connectivity index (χ1n) is 6.67. The average molecular weight is 275 g/mol. The van der Waals surface area contributed by atoms with Crippen LogP contribution in [0, 0.1) is 6.92 Å². The van der Waals surface area contributed by atoms with E-state index in [0.717, 1.165) is 24.5 Å². The van der Waals surface area contributed by atoms with Gasteiger partial charge in [0.05, 0.1) is 25.3 Å². The molecule has 3 heterocycles. The van der Waals surface area contributed by atoms with Crippen molar-refractivity contribution in [3.63, 3.8) is 0 Å². The molecule has 20 heavy (non-hydrogen) atoms. The van der Waals surface area contributed by atoms with E-state index in [1.807, 2.05) is 29.7 Å². The summed E-state index contributed by atoms with van der Waals surface area (Å²) >= 11 is 0. The summed E-state index contributed by atoms with van der Waals surface area (Å²) in [5, 5.41) is 9.32. The number of imidazole rings is 1. The highest BCUT2D eigenvalue weighted by Crippen LogP contribution is 2.19. The van der Waals surface area contributed by atoms with Gasteiger partial charge in [0.25, 0.3) is 0 Å². The molecule has 3 rings (SSSR count). The topological polar surface area (TPSA) is 67.1 Å². The second-order valence-corrected chi connectivity index (χ2v) is 4.98. The summed E-state index contributed by atoms with van der Waals surface area (Å²) in [6.45, 7) is 5.68. The number of carboxylic acids is 1. The van der Waals surface area contributed by atoms with Gasteiger partial charge in [0.2, 0.25) is 0 Å². The zero-order chi connectivity index (χ0) is 14.1. The fourth-order valence-corrected chi connectivity index (χ4v) is 2.59. The molecule has 1 fully saturated rings. The minimum atomic E-state index is -0.981. The summed E-state index contributed by atoms with van der Waals surface area (Å²) in [5.41, 5.74) is 1.74. The molecule has 1 aliphatic rings. The van der Waals surface area contributed by atoms with Crippen LogP contribution in [0.25, 0.3) is 5.52 Å². The van der Waals surface area contributed by atoms with E-state index in [0.29, 0.717) is 25.3 Å². The van der Waals surface area contributed by atoms with Crippen molar-refractivity contribution in [2.75, 3.05) is 26.3 Å². The number of aryl methyl sites for hydroxylation is 1. The number of morpholine rings is 1. The van der Waals surface area contributed by atoms with Crippen molar-refractivity contribution >= 4 is 11.5 Å². The van der Waals surface area contributed by atoms with E-state index in [1.165, 1.54) is 0 Å². The summed E-state index contributed by atoms with van der Waals surface area (Å²) in [5.74, 6) is -0.215. The van der Waals surface area contributed by atoms with E-state index in [-0.39, 0.29) is 5.69 Å². The van der Waals surface area contributed by atoms with Crippen LogP contribution in [0.15, 0.2) is 18.3 Å². The second kappa shape index (κ2) is 5.22. The van der Waals surface area contributed by atoms with E-state index in [2.05, 4.69) is 9.88 Å². The van der Waals surface area contributed by atoms with Gasteiger partial charge in [-0.15, -0.1) is 0 Å². The van der Waals surface area contributed by atoms with Gasteiger partial charge in [-0.2, -0.15) is 0 Å². The smallest absolute Gasteiger partial charge is 0.356 e. The van der Waals surface area contributed by atoms with Gasteiger partial charge in [-0.25, -0.2) is 9.78 Å². The molecular formula is C14H17N3O3. The average Bonchev–Trinajstić information content (AvgIpc) is 2.81. The lowest BCUT2D eigenvalue weighted by Crippen LogP contribution is -2.36. The van der Waals surface area contributed by atoms with E-state index >= 15 is 0 Å². The standard InChI is InChI=1S/C14H17N3O3/c1-10-3-2-4-17-11(9-16-5-7-20-8-6-16)15-12(13(10)17)14(18)19/h2-4H,5-9H2,1H3,(H,18,19). The van der Waals surface area contributed by atoms with E-state index in [9.17, 15) is 9.90 Å². The highest BCUT2D eigenvalue weighted by molar-refractivity contribution is 5.94. The van der Waals surface area contributed by atoms with Crippen molar-refractivity contribution in [2.45, 2.75) is 13.5 Å². The quantitative estimate of drug-likeness (QED) is 0.911. The molecular weight excluding hydrogens is 258 g/mol. The predicted octanol–water partition coefficient (Wildman–Crippen LogP) is 1.17. The highest BCUT2D eigenvalue weighted by Gasteiger charge is 2.20. The molecule has 0 aliphatic carbocycles. The summed E-state index contributed by atoms with van der Waals surface area (Å²) in [6, 6.07) is 3.82. The highest BCUT2D eigenvalue weighted by atomic mass is 16.5. The molecule has 6 heteroatoms. The van der Waals surface area contributed by atoms with Gasteiger partial charge >= 0.3 is 5.97 Å². The van der Waals surface area contributed by atoms with Crippen molar-refractivity contribution in [3.8, 4) is 0 Å². The van der Waals surface area contributed by atoms with Crippen molar-refractivity contribution in [2.24, 2.45) is 0 Å². The monoisotopic (exact) mass is 275 g/mol. The predicted molar refractivity (Wildman–Crippen MR) is 73.0 cm³/mol. The molecule has 0 bridgehead atoms. The Labute approximate surface area is 116 Å². The third kappa shape index (κ3) is 2.28. The largest absolute Gasteiger partial charge is 0.476 e. The van der Waals surface area contributed by atoms with Crippen molar-refractivity contribution in [1.29, 1.82) is 0 Å². The fraction of sp³-hybridized carbons (Fsp3) is 0.429. The molecule has 0 radical (unpaired) electrons. The minimum absolute atomic E-state index is 0.131. The van der Waals surface area contributed by atoms with E-state index in [1.54, 1.807) is 0 Å². The van der Waals surface area contributed by atoms with Gasteiger partial charge in [-0.3, -0.25) is 4.90 Å². The Morgan fingerprint density at radius 2 is 2.20 bits per heavy atom. The zero-order valence-corrected chi connectivity index (χ0v) is 11.4. The van der Waals surface area contributed by atoms with Crippen LogP contribution >= 0.6 is 0 Å². The Bertz CT molecular complexity index is 644. The molecule has 0 saturated carbocycles. The third-order valence-corrected chi connectivity index (χ3v) is 3.61. The van der Waals surface area contributed by atoms with Crippen molar-refractivity contribution < 1.29 is 14.6 Å². The Hall–Kier alpha value is -1.92. The Balaban J connectivity index is 2.02. The van der Waals surface area contributed by atoms with Crippen molar-refractivity contribution in [3.05, 3.63) is 35.4 Å². The first-order chi connectivity index (χ1) is 9.66. The summed E-state index contributed by atoms with van der Waals surface area (Å²) in [4.78, 5) is 17.9. The third-order valence-electron chi connectivity index (χ3n) is 3.61. The maximum absolute atomic E-state index is 11.4. The molecule has 0 atom stereocenters. The number of ether oxygens (including phenoxy) is 1. The van der Waals surface area contributed by atoms with Gasteiger partial charge in [-0.1, -0.05) is 6.07 Å². The molecule has 6 nitrogen and oxygen atoms in total. The summed E-state index contributed by atoms with van der Waals surface area (Å²) < 4.78 is 7.21. The van der Waals surface area contributed by atoms with Crippen LogP contribution in [0.1, 0.15) is 21.9 Å². The van der Waals surface area contributed by atoms with Crippen LogP contribution in [0.4, 0.5) is 0 Å². The normalized spacial score (nSPS) is 16.6. The van der Waals surface area contributed by atoms with Crippen LogP contribution in [-0.2, 0) is 11.3 Å². The first kappa shape index (κ1) is 13.1. The lowest BCUT2D eigenvalue weighted by molar-refractivity contribution is 0.0329. The molecule has 0 unspecified atom stereocenters. The molecule has 0 amide bonds. The molecule has 1 saturated heterocycles. The van der Waals surface area contributed by atoms with Crippen LogP contribution in [-0.4, -0.2) is 51.7 Å². The number of hydrogen-bond acceptors (Lipinski definition) is 4. The SMILES string of the molecule is Cc1cccn2c(CN3CCOCC3)nc(C(=O)O)c12. The number of fused-ring (bicyclic) bond motifs is 1. The number of rotatable bonds is 3. The molecule has 1 aliphatic heterocycles. The van der Waals surface area contributed by atoms with Gasteiger partial charge < -0.3 is 14.2 Å². The number of aromatic carboxylic acids is 1. The van der Waals surface area contributed by atoms with Gasteiger partial charge in [0.15, 0.2) is 5.69 Å². The minimum Gasteiger partial charge on any atom is -0.476 e. The van der Waals surface area contributed by atoms with Crippen LogP contribution < -0.4 is 0 Å². The maximum Gasteiger partial charge on any atom is 0.356 e. The number of carbonyl (C=O) groups is 1. The number of carboxylic acid groups (broad SMARTS) is 1. The maximum atomic E-state index is 11.4. The number of pyridine rings is 1. The number of aromatic nitrogens is 2. The van der Waals surface area contributed by atoms with Gasteiger partial charge in [0.1, 0.15) is 5.82 Å². The number of hydrogen-bond donors (Lipinski definition) is 1. The van der Waals surface area contributed by atoms with E-state index in [4.69, 9.17) is 4.74 Å². The van der Waals surface area contributed by atoms with Gasteiger partial charge in [0, 0.05) is 19.3 Å². The van der Waals surface area contributed by atoms with Gasteiger partial charge in [-0.05, 0) is 18.6 Å².